The summed E-state index contributed by atoms with van der Waals surface area (Å²) in [6.45, 7) is 0. The van der Waals surface area contributed by atoms with Crippen molar-refractivity contribution in [2.45, 2.75) is 11.0 Å². The molecular weight excluding hydrogens is 245 g/mol. The summed E-state index contributed by atoms with van der Waals surface area (Å²) in [4.78, 5) is 14.6. The number of thioether (sulfide) groups is 1. The van der Waals surface area contributed by atoms with Gasteiger partial charge in [-0.25, -0.2) is 14.2 Å². The highest BCUT2D eigenvalue weighted by atomic mass is 32.2. The van der Waals surface area contributed by atoms with Crippen LogP contribution in [-0.4, -0.2) is 16.1 Å². The van der Waals surface area contributed by atoms with Crippen molar-refractivity contribution >= 4 is 17.7 Å². The molecule has 0 radical (unpaired) electrons. The molecule has 0 atom stereocenters. The minimum Gasteiger partial charge on any atom is -0.478 e. The van der Waals surface area contributed by atoms with Gasteiger partial charge >= 0.3 is 5.97 Å². The molecule has 0 fully saturated rings. The molecule has 1 heterocycles. The first-order valence-electron chi connectivity index (χ1n) is 4.71. The fourth-order valence-corrected chi connectivity index (χ4v) is 2.04. The molecule has 0 spiro atoms. The summed E-state index contributed by atoms with van der Waals surface area (Å²) < 4.78 is 18.7. The summed E-state index contributed by atoms with van der Waals surface area (Å²) in [5.41, 5.74) is -0.0106. The number of benzene rings is 1. The summed E-state index contributed by atoms with van der Waals surface area (Å²) in [6, 6.07) is 4.28. The standard InChI is InChI=1S/C11H8FNO3S/c12-9-7(2-1-3-8(9)10(14)15)6-17-11-13-4-5-16-11/h1-5H,6H2,(H,14,15). The molecule has 0 aliphatic carbocycles. The van der Waals surface area contributed by atoms with Gasteiger partial charge in [0.15, 0.2) is 0 Å². The molecular formula is C11H8FNO3S. The molecule has 4 nitrogen and oxygen atoms in total. The maximum Gasteiger partial charge on any atom is 0.338 e. The largest absolute Gasteiger partial charge is 0.478 e. The van der Waals surface area contributed by atoms with Crippen molar-refractivity contribution in [1.29, 1.82) is 0 Å². The molecule has 0 unspecified atom stereocenters. The van der Waals surface area contributed by atoms with Gasteiger partial charge in [-0.05, 0) is 11.6 Å². The molecule has 0 saturated heterocycles. The first-order valence-corrected chi connectivity index (χ1v) is 5.70. The van der Waals surface area contributed by atoms with E-state index in [0.717, 1.165) is 0 Å². The van der Waals surface area contributed by atoms with Crippen LogP contribution in [0.1, 0.15) is 15.9 Å². The highest BCUT2D eigenvalue weighted by Gasteiger charge is 2.14. The molecule has 0 bridgehead atoms. The Hall–Kier alpha value is -1.82. The van der Waals surface area contributed by atoms with E-state index in [0.29, 0.717) is 10.8 Å². The molecule has 2 rings (SSSR count). The number of halogens is 1. The number of aromatic nitrogens is 1. The van der Waals surface area contributed by atoms with Crippen LogP contribution in [0.4, 0.5) is 4.39 Å². The second kappa shape index (κ2) is 5.01. The molecule has 1 aromatic heterocycles. The topological polar surface area (TPSA) is 63.3 Å². The number of hydrogen-bond donors (Lipinski definition) is 1. The molecule has 88 valence electrons. The Kier molecular flexibility index (Phi) is 3.43. The Morgan fingerprint density at radius 2 is 2.35 bits per heavy atom. The number of aromatic carboxylic acids is 1. The third-order valence-corrected chi connectivity index (χ3v) is 2.97. The molecule has 0 saturated carbocycles. The predicted octanol–water partition coefficient (Wildman–Crippen LogP) is 2.80. The Morgan fingerprint density at radius 1 is 1.53 bits per heavy atom. The van der Waals surface area contributed by atoms with Gasteiger partial charge in [0.05, 0.1) is 11.8 Å². The van der Waals surface area contributed by atoms with E-state index in [9.17, 15) is 9.18 Å². The summed E-state index contributed by atoms with van der Waals surface area (Å²) in [5, 5.41) is 9.19. The number of nitrogens with zero attached hydrogens (tertiary/aromatic N) is 1. The normalized spacial score (nSPS) is 10.4. The van der Waals surface area contributed by atoms with Gasteiger partial charge in [-0.2, -0.15) is 0 Å². The zero-order valence-corrected chi connectivity index (χ0v) is 9.41. The fraction of sp³-hybridized carbons (Fsp3) is 0.0909. The molecule has 0 aliphatic heterocycles. The van der Waals surface area contributed by atoms with Crippen molar-refractivity contribution in [2.24, 2.45) is 0 Å². The van der Waals surface area contributed by atoms with Crippen molar-refractivity contribution in [3.8, 4) is 0 Å². The van der Waals surface area contributed by atoms with Crippen LogP contribution >= 0.6 is 11.8 Å². The van der Waals surface area contributed by atoms with Crippen LogP contribution in [0.3, 0.4) is 0 Å². The van der Waals surface area contributed by atoms with Crippen LogP contribution in [0.25, 0.3) is 0 Å². The Balaban J connectivity index is 2.16. The lowest BCUT2D eigenvalue weighted by atomic mass is 10.1. The summed E-state index contributed by atoms with van der Waals surface area (Å²) in [7, 11) is 0. The highest BCUT2D eigenvalue weighted by Crippen LogP contribution is 2.23. The Bertz CT molecular complexity index is 528. The van der Waals surface area contributed by atoms with E-state index in [4.69, 9.17) is 9.52 Å². The molecule has 17 heavy (non-hydrogen) atoms. The highest BCUT2D eigenvalue weighted by molar-refractivity contribution is 7.98. The minimum absolute atomic E-state index is 0.271. The van der Waals surface area contributed by atoms with Crippen molar-refractivity contribution in [3.63, 3.8) is 0 Å². The van der Waals surface area contributed by atoms with Crippen molar-refractivity contribution < 1.29 is 18.7 Å². The number of rotatable bonds is 4. The van der Waals surface area contributed by atoms with Crippen molar-refractivity contribution in [2.75, 3.05) is 0 Å². The van der Waals surface area contributed by atoms with Gasteiger partial charge in [0.1, 0.15) is 12.1 Å². The number of carbonyl (C=O) groups is 1. The van der Waals surface area contributed by atoms with E-state index < -0.39 is 11.8 Å². The second-order valence-corrected chi connectivity index (χ2v) is 4.10. The second-order valence-electron chi connectivity index (χ2n) is 3.17. The van der Waals surface area contributed by atoms with Gasteiger partial charge in [0, 0.05) is 5.75 Å². The lowest BCUT2D eigenvalue weighted by molar-refractivity contribution is 0.0691. The molecule has 1 N–H and O–H groups in total. The van der Waals surface area contributed by atoms with E-state index in [2.05, 4.69) is 4.98 Å². The van der Waals surface area contributed by atoms with Gasteiger partial charge in [-0.15, -0.1) is 0 Å². The molecule has 1 aromatic carbocycles. The Morgan fingerprint density at radius 3 is 3.00 bits per heavy atom. The van der Waals surface area contributed by atoms with E-state index in [1.807, 2.05) is 0 Å². The SMILES string of the molecule is O=C(O)c1cccc(CSc2ncco2)c1F. The summed E-state index contributed by atoms with van der Waals surface area (Å²) >= 11 is 1.20. The van der Waals surface area contributed by atoms with Crippen LogP contribution in [0.2, 0.25) is 0 Å². The lowest BCUT2D eigenvalue weighted by Gasteiger charge is -2.03. The third-order valence-electron chi connectivity index (χ3n) is 2.07. The maximum atomic E-state index is 13.7. The van der Waals surface area contributed by atoms with E-state index in [1.54, 1.807) is 0 Å². The van der Waals surface area contributed by atoms with Gasteiger partial charge in [-0.3, -0.25) is 0 Å². The molecule has 6 heteroatoms. The predicted molar refractivity (Wildman–Crippen MR) is 59.4 cm³/mol. The number of hydrogen-bond acceptors (Lipinski definition) is 4. The number of carboxylic acid groups (broad SMARTS) is 1. The number of oxazole rings is 1. The summed E-state index contributed by atoms with van der Waals surface area (Å²) in [6.07, 6.45) is 2.92. The van der Waals surface area contributed by atoms with Crippen molar-refractivity contribution in [3.05, 3.63) is 47.6 Å². The van der Waals surface area contributed by atoms with Crippen LogP contribution in [0, 0.1) is 5.82 Å². The minimum atomic E-state index is -1.27. The van der Waals surface area contributed by atoms with Crippen LogP contribution < -0.4 is 0 Å². The quantitative estimate of drug-likeness (QED) is 0.849. The lowest BCUT2D eigenvalue weighted by Crippen LogP contribution is -2.02. The summed E-state index contributed by atoms with van der Waals surface area (Å²) in [5.74, 6) is -1.71. The third kappa shape index (κ3) is 2.65. The monoisotopic (exact) mass is 253 g/mol. The fourth-order valence-electron chi connectivity index (χ4n) is 1.28. The number of carboxylic acids is 1. The first kappa shape index (κ1) is 11.7. The van der Waals surface area contributed by atoms with Gasteiger partial charge in [0.2, 0.25) is 0 Å². The maximum absolute atomic E-state index is 13.7. The van der Waals surface area contributed by atoms with Gasteiger partial charge in [-0.1, -0.05) is 23.9 Å². The zero-order chi connectivity index (χ0) is 12.3. The smallest absolute Gasteiger partial charge is 0.338 e. The van der Waals surface area contributed by atoms with Crippen LogP contribution in [-0.2, 0) is 5.75 Å². The average molecular weight is 253 g/mol. The van der Waals surface area contributed by atoms with Gasteiger partial charge < -0.3 is 9.52 Å². The van der Waals surface area contributed by atoms with Crippen molar-refractivity contribution in [1.82, 2.24) is 4.98 Å². The first-order chi connectivity index (χ1) is 8.18. The average Bonchev–Trinajstić information content (AvgIpc) is 2.80. The molecule has 2 aromatic rings. The van der Waals surface area contributed by atoms with Crippen LogP contribution in [0.15, 0.2) is 40.3 Å². The Labute approximate surface area is 100 Å². The van der Waals surface area contributed by atoms with E-state index >= 15 is 0 Å². The van der Waals surface area contributed by atoms with Gasteiger partial charge in [0.25, 0.3) is 5.22 Å². The van der Waals surface area contributed by atoms with E-state index in [-0.39, 0.29) is 11.3 Å². The molecule has 0 aliphatic rings. The zero-order valence-electron chi connectivity index (χ0n) is 8.59. The van der Waals surface area contributed by atoms with E-state index in [1.165, 1.54) is 42.4 Å². The van der Waals surface area contributed by atoms with Crippen LogP contribution in [0.5, 0.6) is 0 Å². The molecule has 0 amide bonds.